The van der Waals surface area contributed by atoms with Crippen molar-refractivity contribution < 1.29 is 13.5 Å². The second-order valence-corrected chi connectivity index (χ2v) is 8.31. The molecule has 0 heterocycles. The van der Waals surface area contributed by atoms with Crippen molar-refractivity contribution in [2.75, 3.05) is 6.26 Å². The highest BCUT2D eigenvalue weighted by molar-refractivity contribution is 7.90. The first kappa shape index (κ1) is 18.6. The predicted octanol–water partition coefficient (Wildman–Crippen LogP) is 3.25. The molecule has 0 fully saturated rings. The van der Waals surface area contributed by atoms with E-state index in [9.17, 15) is 13.5 Å². The van der Waals surface area contributed by atoms with Gasteiger partial charge in [0.2, 0.25) is 0 Å². The quantitative estimate of drug-likeness (QED) is 0.807. The predicted molar refractivity (Wildman–Crippen MR) is 96.6 cm³/mol. The molecule has 0 aliphatic rings. The van der Waals surface area contributed by atoms with Gasteiger partial charge in [0, 0.05) is 18.3 Å². The van der Waals surface area contributed by atoms with Gasteiger partial charge in [-0.2, -0.15) is 0 Å². The summed E-state index contributed by atoms with van der Waals surface area (Å²) in [5, 5.41) is 13.7. The van der Waals surface area contributed by atoms with E-state index in [0.29, 0.717) is 11.3 Å². The lowest BCUT2D eigenvalue weighted by molar-refractivity contribution is 0.152. The summed E-state index contributed by atoms with van der Waals surface area (Å²) in [6.07, 6.45) is 1.31. The molecule has 3 atom stereocenters. The van der Waals surface area contributed by atoms with E-state index in [0.717, 1.165) is 11.1 Å². The van der Waals surface area contributed by atoms with Crippen LogP contribution >= 0.6 is 0 Å². The summed E-state index contributed by atoms with van der Waals surface area (Å²) in [7, 11) is -3.17. The number of aliphatic hydroxyl groups is 1. The van der Waals surface area contributed by atoms with Crippen LogP contribution < -0.4 is 5.32 Å². The number of hydrogen-bond donors (Lipinski definition) is 2. The Balaban J connectivity index is 1.95. The van der Waals surface area contributed by atoms with Crippen molar-refractivity contribution in [2.45, 2.75) is 43.4 Å². The lowest BCUT2D eigenvalue weighted by Crippen LogP contribution is -2.30. The molecule has 5 heteroatoms. The van der Waals surface area contributed by atoms with Gasteiger partial charge in [0.1, 0.15) is 0 Å². The minimum atomic E-state index is -3.17. The zero-order valence-electron chi connectivity index (χ0n) is 14.3. The molecule has 0 saturated carbocycles. The molecular formula is C19H25NO3S. The average molecular weight is 347 g/mol. The van der Waals surface area contributed by atoms with Crippen LogP contribution in [0.15, 0.2) is 59.5 Å². The summed E-state index contributed by atoms with van der Waals surface area (Å²) >= 11 is 0. The van der Waals surface area contributed by atoms with E-state index < -0.39 is 15.9 Å². The van der Waals surface area contributed by atoms with Gasteiger partial charge in [0.15, 0.2) is 9.84 Å². The van der Waals surface area contributed by atoms with Gasteiger partial charge < -0.3 is 10.4 Å². The Morgan fingerprint density at radius 2 is 1.54 bits per heavy atom. The Hall–Kier alpha value is -1.69. The Morgan fingerprint density at radius 3 is 2.08 bits per heavy atom. The summed E-state index contributed by atoms with van der Waals surface area (Å²) < 4.78 is 23.0. The molecule has 0 amide bonds. The molecule has 2 aromatic rings. The van der Waals surface area contributed by atoms with E-state index in [1.807, 2.05) is 56.3 Å². The fourth-order valence-corrected chi connectivity index (χ4v) is 3.37. The molecule has 24 heavy (non-hydrogen) atoms. The van der Waals surface area contributed by atoms with Gasteiger partial charge in [-0.15, -0.1) is 0 Å². The van der Waals surface area contributed by atoms with Crippen molar-refractivity contribution in [3.8, 4) is 0 Å². The Morgan fingerprint density at radius 1 is 0.958 bits per heavy atom. The Kier molecular flexibility index (Phi) is 6.15. The van der Waals surface area contributed by atoms with Crippen LogP contribution in [0.5, 0.6) is 0 Å². The molecule has 0 aromatic heterocycles. The number of rotatable bonds is 7. The van der Waals surface area contributed by atoms with E-state index in [-0.39, 0.29) is 12.1 Å². The Labute approximate surface area is 144 Å². The van der Waals surface area contributed by atoms with Crippen molar-refractivity contribution in [1.29, 1.82) is 0 Å². The van der Waals surface area contributed by atoms with Gasteiger partial charge in [-0.3, -0.25) is 0 Å². The third-order valence-electron chi connectivity index (χ3n) is 4.10. The molecule has 3 unspecified atom stereocenters. The number of hydrogen-bond acceptors (Lipinski definition) is 4. The van der Waals surface area contributed by atoms with Gasteiger partial charge in [-0.05, 0) is 43.5 Å². The maximum Gasteiger partial charge on any atom is 0.175 e. The van der Waals surface area contributed by atoms with Crippen molar-refractivity contribution in [3.05, 3.63) is 65.7 Å². The average Bonchev–Trinajstić information content (AvgIpc) is 2.54. The molecule has 0 radical (unpaired) electrons. The summed E-state index contributed by atoms with van der Waals surface area (Å²) in [5.41, 5.74) is 1.93. The van der Waals surface area contributed by atoms with Crippen molar-refractivity contribution in [2.24, 2.45) is 0 Å². The maximum absolute atomic E-state index is 11.5. The highest BCUT2D eigenvalue weighted by Crippen LogP contribution is 2.21. The highest BCUT2D eigenvalue weighted by Gasteiger charge is 2.15. The third-order valence-corrected chi connectivity index (χ3v) is 5.23. The monoisotopic (exact) mass is 347 g/mol. The third kappa shape index (κ3) is 5.16. The molecular weight excluding hydrogens is 322 g/mol. The molecule has 0 aliphatic heterocycles. The summed E-state index contributed by atoms with van der Waals surface area (Å²) in [5.74, 6) is 0. The van der Waals surface area contributed by atoms with Crippen LogP contribution in [0.1, 0.15) is 43.5 Å². The molecule has 0 aliphatic carbocycles. The summed E-state index contributed by atoms with van der Waals surface area (Å²) in [6.45, 7) is 4.06. The van der Waals surface area contributed by atoms with Crippen molar-refractivity contribution in [1.82, 2.24) is 5.32 Å². The second-order valence-electron chi connectivity index (χ2n) is 6.29. The first-order valence-corrected chi connectivity index (χ1v) is 9.95. The lowest BCUT2D eigenvalue weighted by atomic mass is 10.0. The molecule has 2 rings (SSSR count). The minimum Gasteiger partial charge on any atom is -0.388 e. The van der Waals surface area contributed by atoms with Crippen LogP contribution in [-0.4, -0.2) is 25.8 Å². The standard InChI is InChI=1S/C19H25NO3S/c1-14(13-19(21)17-7-5-4-6-8-17)20-15(2)16-9-11-18(12-10-16)24(3,22)23/h4-12,14-15,19-21H,13H2,1-3H3. The van der Waals surface area contributed by atoms with Crippen molar-refractivity contribution in [3.63, 3.8) is 0 Å². The fourth-order valence-electron chi connectivity index (χ4n) is 2.74. The topological polar surface area (TPSA) is 66.4 Å². The van der Waals surface area contributed by atoms with Gasteiger partial charge in [-0.25, -0.2) is 8.42 Å². The first-order chi connectivity index (χ1) is 11.3. The van der Waals surface area contributed by atoms with E-state index in [1.165, 1.54) is 6.26 Å². The molecule has 4 nitrogen and oxygen atoms in total. The molecule has 130 valence electrons. The van der Waals surface area contributed by atoms with Gasteiger partial charge >= 0.3 is 0 Å². The van der Waals surface area contributed by atoms with Gasteiger partial charge in [0.05, 0.1) is 11.0 Å². The molecule has 0 spiro atoms. The number of aliphatic hydroxyl groups excluding tert-OH is 1. The normalized spacial score (nSPS) is 15.7. The smallest absolute Gasteiger partial charge is 0.175 e. The van der Waals surface area contributed by atoms with Crippen LogP contribution in [0.25, 0.3) is 0 Å². The van der Waals surface area contributed by atoms with Crippen molar-refractivity contribution >= 4 is 9.84 Å². The minimum absolute atomic E-state index is 0.0663. The molecule has 0 saturated heterocycles. The van der Waals surface area contributed by atoms with Crippen LogP contribution in [-0.2, 0) is 9.84 Å². The first-order valence-electron chi connectivity index (χ1n) is 8.06. The second kappa shape index (κ2) is 7.92. The number of nitrogens with one attached hydrogen (secondary N) is 1. The van der Waals surface area contributed by atoms with Crippen LogP contribution in [0, 0.1) is 0 Å². The fraction of sp³-hybridized carbons (Fsp3) is 0.368. The van der Waals surface area contributed by atoms with Crippen LogP contribution in [0.2, 0.25) is 0 Å². The lowest BCUT2D eigenvalue weighted by Gasteiger charge is -2.23. The van der Waals surface area contributed by atoms with E-state index in [4.69, 9.17) is 0 Å². The van der Waals surface area contributed by atoms with E-state index in [1.54, 1.807) is 12.1 Å². The zero-order valence-corrected chi connectivity index (χ0v) is 15.1. The molecule has 0 bridgehead atoms. The van der Waals surface area contributed by atoms with Crippen LogP contribution in [0.4, 0.5) is 0 Å². The zero-order chi connectivity index (χ0) is 17.7. The van der Waals surface area contributed by atoms with Gasteiger partial charge in [0.25, 0.3) is 0 Å². The molecule has 2 aromatic carbocycles. The number of benzene rings is 2. The van der Waals surface area contributed by atoms with E-state index in [2.05, 4.69) is 5.32 Å². The van der Waals surface area contributed by atoms with Crippen LogP contribution in [0.3, 0.4) is 0 Å². The highest BCUT2D eigenvalue weighted by atomic mass is 32.2. The largest absolute Gasteiger partial charge is 0.388 e. The maximum atomic E-state index is 11.5. The summed E-state index contributed by atoms with van der Waals surface area (Å²) in [6, 6.07) is 16.7. The van der Waals surface area contributed by atoms with E-state index >= 15 is 0 Å². The SMILES string of the molecule is CC(CC(O)c1ccccc1)NC(C)c1ccc(S(C)(=O)=O)cc1. The van der Waals surface area contributed by atoms with Gasteiger partial charge in [-0.1, -0.05) is 42.5 Å². The number of sulfone groups is 1. The Bertz CT molecular complexity index is 742. The summed E-state index contributed by atoms with van der Waals surface area (Å²) in [4.78, 5) is 0.325. The molecule has 2 N–H and O–H groups in total.